The quantitative estimate of drug-likeness (QED) is 0.883. The van der Waals surface area contributed by atoms with Crippen molar-refractivity contribution in [1.82, 2.24) is 10.3 Å². The lowest BCUT2D eigenvalue weighted by Crippen LogP contribution is -2.31. The first-order valence-corrected chi connectivity index (χ1v) is 7.20. The lowest BCUT2D eigenvalue weighted by Gasteiger charge is -2.23. The van der Waals surface area contributed by atoms with Crippen LogP contribution in [0.5, 0.6) is 0 Å². The molecule has 2 aromatic rings. The van der Waals surface area contributed by atoms with Gasteiger partial charge < -0.3 is 11.1 Å². The number of nitrogens with zero attached hydrogens (tertiary/aromatic N) is 1. The van der Waals surface area contributed by atoms with Crippen molar-refractivity contribution in [2.75, 3.05) is 5.73 Å². The van der Waals surface area contributed by atoms with Crippen LogP contribution in [0.4, 0.5) is 5.69 Å². The molecule has 3 rings (SSSR count). The van der Waals surface area contributed by atoms with Crippen LogP contribution >= 0.6 is 11.3 Å². The molecule has 4 nitrogen and oxygen atoms in total. The van der Waals surface area contributed by atoms with Crippen molar-refractivity contribution in [2.24, 2.45) is 0 Å². The van der Waals surface area contributed by atoms with Gasteiger partial charge in [-0.3, -0.25) is 9.78 Å². The van der Waals surface area contributed by atoms with E-state index in [1.165, 1.54) is 10.4 Å². The van der Waals surface area contributed by atoms with Crippen LogP contribution < -0.4 is 11.1 Å². The number of hydrogen-bond donors (Lipinski definition) is 2. The molecule has 1 aliphatic carbocycles. The van der Waals surface area contributed by atoms with Gasteiger partial charge in [0, 0.05) is 16.8 Å². The fraction of sp³-hybridized carbons (Fsp3) is 0.286. The summed E-state index contributed by atoms with van der Waals surface area (Å²) in [5, 5.41) is 5.15. The second-order valence-corrected chi connectivity index (χ2v) is 5.69. The molecule has 1 aliphatic rings. The Morgan fingerprint density at radius 1 is 1.47 bits per heavy atom. The molecule has 0 spiro atoms. The first kappa shape index (κ1) is 12.2. The van der Waals surface area contributed by atoms with Gasteiger partial charge in [0.15, 0.2) is 0 Å². The highest BCUT2D eigenvalue weighted by Crippen LogP contribution is 2.33. The van der Waals surface area contributed by atoms with Crippen molar-refractivity contribution in [2.45, 2.75) is 25.3 Å². The van der Waals surface area contributed by atoms with E-state index in [-0.39, 0.29) is 11.9 Å². The monoisotopic (exact) mass is 273 g/mol. The fourth-order valence-corrected chi connectivity index (χ4v) is 3.43. The zero-order chi connectivity index (χ0) is 13.2. The van der Waals surface area contributed by atoms with Crippen LogP contribution in [0.25, 0.3) is 0 Å². The van der Waals surface area contributed by atoms with Gasteiger partial charge in [0.05, 0.1) is 6.04 Å². The molecule has 98 valence electrons. The van der Waals surface area contributed by atoms with Crippen LogP contribution in [0.15, 0.2) is 29.8 Å². The molecule has 0 saturated heterocycles. The number of rotatable bonds is 2. The minimum atomic E-state index is -0.156. The number of aromatic nitrogens is 1. The van der Waals surface area contributed by atoms with E-state index in [9.17, 15) is 4.79 Å². The number of nitrogens with two attached hydrogens (primary N) is 1. The maximum absolute atomic E-state index is 12.2. The number of aryl methyl sites for hydroxylation is 1. The number of fused-ring (bicyclic) bond motifs is 1. The lowest BCUT2D eigenvalue weighted by molar-refractivity contribution is 0.0928. The Balaban J connectivity index is 1.78. The van der Waals surface area contributed by atoms with Crippen LogP contribution in [-0.2, 0) is 6.42 Å². The van der Waals surface area contributed by atoms with Crippen LogP contribution in [0.1, 0.15) is 39.8 Å². The number of pyridine rings is 1. The highest BCUT2D eigenvalue weighted by molar-refractivity contribution is 7.10. The van der Waals surface area contributed by atoms with Crippen molar-refractivity contribution in [3.63, 3.8) is 0 Å². The maximum Gasteiger partial charge on any atom is 0.270 e. The molecule has 2 heterocycles. The number of nitrogens with one attached hydrogen (secondary N) is 1. The summed E-state index contributed by atoms with van der Waals surface area (Å²) in [6.07, 6.45) is 4.78. The second kappa shape index (κ2) is 5.01. The molecule has 3 N–H and O–H groups in total. The van der Waals surface area contributed by atoms with E-state index >= 15 is 0 Å². The SMILES string of the molecule is Nc1ccnc(C(=O)NC2CCCc3sccc32)c1. The van der Waals surface area contributed by atoms with Crippen molar-refractivity contribution in [3.05, 3.63) is 45.9 Å². The van der Waals surface area contributed by atoms with E-state index < -0.39 is 0 Å². The van der Waals surface area contributed by atoms with Gasteiger partial charge in [0.1, 0.15) is 5.69 Å². The third-order valence-corrected chi connectivity index (χ3v) is 4.37. The lowest BCUT2D eigenvalue weighted by atomic mass is 9.94. The smallest absolute Gasteiger partial charge is 0.270 e. The number of nitrogen functional groups attached to an aromatic ring is 1. The summed E-state index contributed by atoms with van der Waals surface area (Å²) in [5.74, 6) is -0.156. The van der Waals surface area contributed by atoms with Crippen LogP contribution in [0.3, 0.4) is 0 Å². The van der Waals surface area contributed by atoms with Crippen LogP contribution in [0, 0.1) is 0 Å². The molecule has 1 unspecified atom stereocenters. The standard InChI is InChI=1S/C14H15N3OS/c15-9-4-6-16-12(8-9)14(18)17-11-2-1-3-13-10(11)5-7-19-13/h4-8,11H,1-3H2,(H2,15,16)(H,17,18). The van der Waals surface area contributed by atoms with Crippen molar-refractivity contribution in [1.29, 1.82) is 0 Å². The molecular formula is C14H15N3OS. The minimum absolute atomic E-state index is 0.103. The topological polar surface area (TPSA) is 68.0 Å². The summed E-state index contributed by atoms with van der Waals surface area (Å²) < 4.78 is 0. The number of carbonyl (C=O) groups is 1. The molecule has 1 atom stereocenters. The first-order valence-electron chi connectivity index (χ1n) is 6.32. The van der Waals surface area contributed by atoms with Gasteiger partial charge in [0.25, 0.3) is 5.91 Å². The number of anilines is 1. The Morgan fingerprint density at radius 2 is 2.37 bits per heavy atom. The maximum atomic E-state index is 12.2. The minimum Gasteiger partial charge on any atom is -0.399 e. The normalized spacial score (nSPS) is 17.8. The zero-order valence-electron chi connectivity index (χ0n) is 10.4. The Morgan fingerprint density at radius 3 is 3.21 bits per heavy atom. The number of amides is 1. The molecule has 19 heavy (non-hydrogen) atoms. The van der Waals surface area contributed by atoms with E-state index in [0.29, 0.717) is 11.4 Å². The molecule has 0 radical (unpaired) electrons. The fourth-order valence-electron chi connectivity index (χ4n) is 2.44. The predicted molar refractivity (Wildman–Crippen MR) is 76.1 cm³/mol. The average Bonchev–Trinajstić information content (AvgIpc) is 2.88. The summed E-state index contributed by atoms with van der Waals surface area (Å²) in [6.45, 7) is 0. The van der Waals surface area contributed by atoms with Crippen molar-refractivity contribution >= 4 is 22.9 Å². The Labute approximate surface area is 115 Å². The van der Waals surface area contributed by atoms with E-state index in [0.717, 1.165) is 19.3 Å². The predicted octanol–water partition coefficient (Wildman–Crippen LogP) is 2.53. The summed E-state index contributed by atoms with van der Waals surface area (Å²) in [4.78, 5) is 17.6. The first-order chi connectivity index (χ1) is 9.24. The van der Waals surface area contributed by atoms with Gasteiger partial charge in [0.2, 0.25) is 0 Å². The van der Waals surface area contributed by atoms with E-state index in [1.807, 2.05) is 0 Å². The molecule has 2 aromatic heterocycles. The largest absolute Gasteiger partial charge is 0.399 e. The van der Waals surface area contributed by atoms with Gasteiger partial charge in [-0.15, -0.1) is 11.3 Å². The van der Waals surface area contributed by atoms with Crippen LogP contribution in [0.2, 0.25) is 0 Å². The Kier molecular flexibility index (Phi) is 3.21. The Hall–Kier alpha value is -1.88. The van der Waals surface area contributed by atoms with Crippen molar-refractivity contribution < 1.29 is 4.79 Å². The number of carbonyl (C=O) groups excluding carboxylic acids is 1. The van der Waals surface area contributed by atoms with Gasteiger partial charge in [-0.25, -0.2) is 0 Å². The van der Waals surface area contributed by atoms with Crippen molar-refractivity contribution in [3.8, 4) is 0 Å². The highest BCUT2D eigenvalue weighted by atomic mass is 32.1. The molecular weight excluding hydrogens is 258 g/mol. The van der Waals surface area contributed by atoms with Gasteiger partial charge >= 0.3 is 0 Å². The molecule has 0 saturated carbocycles. The summed E-state index contributed by atoms with van der Waals surface area (Å²) in [7, 11) is 0. The summed E-state index contributed by atoms with van der Waals surface area (Å²) in [5.41, 5.74) is 7.86. The van der Waals surface area contributed by atoms with Gasteiger partial charge in [-0.1, -0.05) is 0 Å². The second-order valence-electron chi connectivity index (χ2n) is 4.69. The van der Waals surface area contributed by atoms with E-state index in [1.54, 1.807) is 29.7 Å². The molecule has 0 bridgehead atoms. The number of hydrogen-bond acceptors (Lipinski definition) is 4. The molecule has 0 aromatic carbocycles. The zero-order valence-corrected chi connectivity index (χ0v) is 11.2. The van der Waals surface area contributed by atoms with E-state index in [2.05, 4.69) is 21.7 Å². The van der Waals surface area contributed by atoms with E-state index in [4.69, 9.17) is 5.73 Å². The van der Waals surface area contributed by atoms with Gasteiger partial charge in [-0.2, -0.15) is 0 Å². The Bertz CT molecular complexity index is 608. The third kappa shape index (κ3) is 2.46. The molecule has 0 aliphatic heterocycles. The molecule has 0 fully saturated rings. The summed E-state index contributed by atoms with van der Waals surface area (Å²) >= 11 is 1.77. The van der Waals surface area contributed by atoms with Crippen LogP contribution in [-0.4, -0.2) is 10.9 Å². The average molecular weight is 273 g/mol. The van der Waals surface area contributed by atoms with Gasteiger partial charge in [-0.05, 0) is 48.4 Å². The summed E-state index contributed by atoms with van der Waals surface area (Å²) in [6, 6.07) is 5.49. The molecule has 1 amide bonds. The molecule has 5 heteroatoms. The number of thiophene rings is 1. The highest BCUT2D eigenvalue weighted by Gasteiger charge is 2.23. The third-order valence-electron chi connectivity index (χ3n) is 3.37.